The van der Waals surface area contributed by atoms with E-state index in [1.807, 2.05) is 55.5 Å². The molecule has 0 atom stereocenters. The van der Waals surface area contributed by atoms with E-state index in [0.717, 1.165) is 27.1 Å². The lowest BCUT2D eigenvalue weighted by Crippen LogP contribution is -2.20. The van der Waals surface area contributed by atoms with Gasteiger partial charge in [-0.2, -0.15) is 0 Å². The number of aromatic nitrogens is 1. The van der Waals surface area contributed by atoms with Crippen molar-refractivity contribution in [2.75, 3.05) is 47.0 Å². The van der Waals surface area contributed by atoms with Crippen LogP contribution in [0.5, 0.6) is 34.5 Å². The first kappa shape index (κ1) is 27.6. The van der Waals surface area contributed by atoms with E-state index in [9.17, 15) is 4.79 Å². The lowest BCUT2D eigenvalue weighted by Gasteiger charge is -2.13. The molecule has 0 aliphatic carbocycles. The van der Waals surface area contributed by atoms with Gasteiger partial charge >= 0.3 is 0 Å². The second-order valence-electron chi connectivity index (χ2n) is 8.12. The Labute approximate surface area is 230 Å². The minimum atomic E-state index is -0.334. The van der Waals surface area contributed by atoms with Gasteiger partial charge in [-0.25, -0.2) is 4.98 Å². The lowest BCUT2D eigenvalue weighted by molar-refractivity contribution is -0.118. The van der Waals surface area contributed by atoms with Crippen molar-refractivity contribution in [2.24, 2.45) is 0 Å². The zero-order valence-electron chi connectivity index (χ0n) is 22.4. The van der Waals surface area contributed by atoms with Gasteiger partial charge in [0.2, 0.25) is 5.75 Å². The standard InChI is InChI=1S/C29H30N2O7S/c1-6-37-20-10-12-26-21(16-20)30-29(39-26)31-27(32)17-38-23-13-18(9-11-22(23)33-2)7-8-19-14-24(34-3)28(36-5)25(15-19)35-4/h7-16H,6,17H2,1-5H3,(H,30,31,32)/b8-7-. The Morgan fingerprint density at radius 3 is 2.18 bits per heavy atom. The van der Waals surface area contributed by atoms with E-state index in [1.165, 1.54) is 11.3 Å². The fraction of sp³-hybridized carbons (Fsp3) is 0.241. The first-order valence-corrected chi connectivity index (χ1v) is 12.9. The molecule has 0 bridgehead atoms. The van der Waals surface area contributed by atoms with E-state index >= 15 is 0 Å². The number of hydrogen-bond acceptors (Lipinski definition) is 9. The number of methoxy groups -OCH3 is 4. The summed E-state index contributed by atoms with van der Waals surface area (Å²) >= 11 is 1.38. The van der Waals surface area contributed by atoms with Gasteiger partial charge in [-0.3, -0.25) is 10.1 Å². The van der Waals surface area contributed by atoms with Crippen molar-refractivity contribution < 1.29 is 33.2 Å². The van der Waals surface area contributed by atoms with E-state index in [1.54, 1.807) is 40.6 Å². The maximum absolute atomic E-state index is 12.6. The molecule has 1 amide bonds. The highest BCUT2D eigenvalue weighted by Crippen LogP contribution is 2.39. The predicted octanol–water partition coefficient (Wildman–Crippen LogP) is 5.92. The number of thiazole rings is 1. The predicted molar refractivity (Wildman–Crippen MR) is 153 cm³/mol. The Morgan fingerprint density at radius 2 is 1.51 bits per heavy atom. The first-order valence-electron chi connectivity index (χ1n) is 12.1. The number of ether oxygens (including phenoxy) is 6. The Hall–Kier alpha value is -4.44. The van der Waals surface area contributed by atoms with Crippen LogP contribution in [0.3, 0.4) is 0 Å². The van der Waals surface area contributed by atoms with Gasteiger partial charge < -0.3 is 28.4 Å². The summed E-state index contributed by atoms with van der Waals surface area (Å²) in [7, 11) is 6.25. The van der Waals surface area contributed by atoms with Crippen LogP contribution in [0.15, 0.2) is 48.5 Å². The highest BCUT2D eigenvalue weighted by atomic mass is 32.1. The van der Waals surface area contributed by atoms with Crippen LogP contribution in [0.25, 0.3) is 22.4 Å². The molecule has 4 aromatic rings. The summed E-state index contributed by atoms with van der Waals surface area (Å²) in [4.78, 5) is 17.1. The number of anilines is 1. The summed E-state index contributed by atoms with van der Waals surface area (Å²) in [6, 6.07) is 14.8. The van der Waals surface area contributed by atoms with Gasteiger partial charge in [-0.1, -0.05) is 29.6 Å². The highest BCUT2D eigenvalue weighted by Gasteiger charge is 2.13. The quantitative estimate of drug-likeness (QED) is 0.217. The van der Waals surface area contributed by atoms with Crippen LogP contribution in [0, 0.1) is 0 Å². The summed E-state index contributed by atoms with van der Waals surface area (Å²) in [5.74, 6) is 2.99. The zero-order valence-corrected chi connectivity index (χ0v) is 23.2. The number of fused-ring (bicyclic) bond motifs is 1. The molecule has 9 nitrogen and oxygen atoms in total. The molecule has 0 radical (unpaired) electrons. The highest BCUT2D eigenvalue weighted by molar-refractivity contribution is 7.22. The van der Waals surface area contributed by atoms with Gasteiger partial charge in [0.05, 0.1) is 45.3 Å². The maximum Gasteiger partial charge on any atom is 0.264 e. The Bertz CT molecular complexity index is 1460. The van der Waals surface area contributed by atoms with Crippen LogP contribution >= 0.6 is 11.3 Å². The van der Waals surface area contributed by atoms with E-state index in [-0.39, 0.29) is 12.5 Å². The van der Waals surface area contributed by atoms with Crippen LogP contribution in [-0.4, -0.2) is 52.5 Å². The molecule has 4 rings (SSSR count). The average molecular weight is 551 g/mol. The number of carbonyl (C=O) groups excluding carboxylic acids is 1. The van der Waals surface area contributed by atoms with Crippen LogP contribution < -0.4 is 33.7 Å². The van der Waals surface area contributed by atoms with Crippen molar-refractivity contribution in [3.63, 3.8) is 0 Å². The van der Waals surface area contributed by atoms with E-state index in [2.05, 4.69) is 10.3 Å². The van der Waals surface area contributed by atoms with Crippen LogP contribution in [0.1, 0.15) is 18.1 Å². The minimum Gasteiger partial charge on any atom is -0.494 e. The smallest absolute Gasteiger partial charge is 0.264 e. The Kier molecular flexibility index (Phi) is 9.11. The molecule has 0 aliphatic rings. The molecule has 1 N–H and O–H groups in total. The first-order chi connectivity index (χ1) is 19.0. The SMILES string of the molecule is CCOc1ccc2sc(NC(=O)COc3cc(/C=C\c4cc(OC)c(OC)c(OC)c4)ccc3OC)nc2c1. The summed E-state index contributed by atoms with van der Waals surface area (Å²) in [6.07, 6.45) is 3.82. The second kappa shape index (κ2) is 12.9. The van der Waals surface area contributed by atoms with Gasteiger partial charge in [0.25, 0.3) is 5.91 Å². The monoisotopic (exact) mass is 550 g/mol. The third-order valence-corrected chi connectivity index (χ3v) is 6.57. The van der Waals surface area contributed by atoms with Gasteiger partial charge in [0.1, 0.15) is 5.75 Å². The number of amides is 1. The van der Waals surface area contributed by atoms with Gasteiger partial charge in [-0.15, -0.1) is 0 Å². The topological polar surface area (TPSA) is 97.4 Å². The molecule has 1 aromatic heterocycles. The fourth-order valence-electron chi connectivity index (χ4n) is 3.82. The van der Waals surface area contributed by atoms with E-state index < -0.39 is 0 Å². The van der Waals surface area contributed by atoms with E-state index in [4.69, 9.17) is 28.4 Å². The maximum atomic E-state index is 12.6. The molecule has 0 saturated heterocycles. The number of carbonyl (C=O) groups is 1. The third-order valence-electron chi connectivity index (χ3n) is 5.62. The summed E-state index contributed by atoms with van der Waals surface area (Å²) in [5, 5.41) is 3.28. The molecule has 39 heavy (non-hydrogen) atoms. The molecule has 0 spiro atoms. The molecule has 3 aromatic carbocycles. The number of benzene rings is 3. The molecule has 0 fully saturated rings. The molecule has 0 saturated carbocycles. The molecule has 1 heterocycles. The van der Waals surface area contributed by atoms with Crippen molar-refractivity contribution in [2.45, 2.75) is 6.92 Å². The largest absolute Gasteiger partial charge is 0.494 e. The molecule has 10 heteroatoms. The van der Waals surface area contributed by atoms with Crippen LogP contribution in [0.2, 0.25) is 0 Å². The number of nitrogens with zero attached hydrogens (tertiary/aromatic N) is 1. The summed E-state index contributed by atoms with van der Waals surface area (Å²) in [6.45, 7) is 2.28. The Morgan fingerprint density at radius 1 is 0.821 bits per heavy atom. The molecule has 0 unspecified atom stereocenters. The van der Waals surface area contributed by atoms with Crippen molar-refractivity contribution in [3.8, 4) is 34.5 Å². The van der Waals surface area contributed by atoms with Crippen molar-refractivity contribution in [1.29, 1.82) is 0 Å². The summed E-state index contributed by atoms with van der Waals surface area (Å²) < 4.78 is 33.9. The normalized spacial score (nSPS) is 10.9. The number of rotatable bonds is 12. The van der Waals surface area contributed by atoms with Crippen LogP contribution in [-0.2, 0) is 4.79 Å². The van der Waals surface area contributed by atoms with E-state index in [0.29, 0.717) is 40.5 Å². The summed E-state index contributed by atoms with van der Waals surface area (Å²) in [5.41, 5.74) is 2.46. The lowest BCUT2D eigenvalue weighted by atomic mass is 10.1. The van der Waals surface area contributed by atoms with Crippen molar-refractivity contribution in [1.82, 2.24) is 4.98 Å². The minimum absolute atomic E-state index is 0.212. The van der Waals surface area contributed by atoms with Gasteiger partial charge in [0.15, 0.2) is 34.7 Å². The van der Waals surface area contributed by atoms with Crippen molar-refractivity contribution in [3.05, 3.63) is 59.7 Å². The van der Waals surface area contributed by atoms with Crippen LogP contribution in [0.4, 0.5) is 5.13 Å². The fourth-order valence-corrected chi connectivity index (χ4v) is 4.68. The molecular weight excluding hydrogens is 520 g/mol. The molecule has 0 aliphatic heterocycles. The Balaban J connectivity index is 1.45. The number of hydrogen-bond donors (Lipinski definition) is 1. The molecule has 204 valence electrons. The van der Waals surface area contributed by atoms with Crippen molar-refractivity contribution >= 4 is 44.7 Å². The molecular formula is C29H30N2O7S. The zero-order chi connectivity index (χ0) is 27.8. The average Bonchev–Trinajstić information content (AvgIpc) is 3.35. The van der Waals surface area contributed by atoms with Gasteiger partial charge in [-0.05, 0) is 54.4 Å². The second-order valence-corrected chi connectivity index (χ2v) is 9.15. The number of nitrogens with one attached hydrogen (secondary N) is 1. The third kappa shape index (κ3) is 6.71. The van der Waals surface area contributed by atoms with Gasteiger partial charge in [0, 0.05) is 6.07 Å².